The molecule has 0 aromatic carbocycles. The summed E-state index contributed by atoms with van der Waals surface area (Å²) in [7, 11) is 0. The van der Waals surface area contributed by atoms with Gasteiger partial charge in [-0.3, -0.25) is 0 Å². The van der Waals surface area contributed by atoms with E-state index in [1.54, 1.807) is 0 Å². The highest BCUT2D eigenvalue weighted by molar-refractivity contribution is 5.01. The van der Waals surface area contributed by atoms with Gasteiger partial charge in [-0.2, -0.15) is 0 Å². The molecule has 2 heteroatoms. The van der Waals surface area contributed by atoms with E-state index < -0.39 is 0 Å². The highest BCUT2D eigenvalue weighted by Gasteiger charge is 2.25. The van der Waals surface area contributed by atoms with Crippen molar-refractivity contribution in [3.63, 3.8) is 0 Å². The van der Waals surface area contributed by atoms with Gasteiger partial charge in [0.1, 0.15) is 6.10 Å². The first-order valence-corrected chi connectivity index (χ1v) is 6.72. The Morgan fingerprint density at radius 3 is 2.11 bits per heavy atom. The standard InChI is InChI=1S/C16H26O2/c1-6-8-10-12-14-17-18-15(16(3,4)5)13-11-9-7-2/h15H,6-7,12-14H2,1-5H3. The van der Waals surface area contributed by atoms with Gasteiger partial charge in [-0.05, 0) is 5.41 Å². The Morgan fingerprint density at radius 2 is 1.56 bits per heavy atom. The third-order valence-corrected chi connectivity index (χ3v) is 2.35. The zero-order chi connectivity index (χ0) is 13.9. The molecule has 0 spiro atoms. The zero-order valence-corrected chi connectivity index (χ0v) is 12.4. The normalized spacial score (nSPS) is 12.1. The highest BCUT2D eigenvalue weighted by atomic mass is 17.2. The van der Waals surface area contributed by atoms with E-state index in [1.807, 2.05) is 13.8 Å². The average Bonchev–Trinajstić information content (AvgIpc) is 2.30. The number of hydrogen-bond acceptors (Lipinski definition) is 2. The molecule has 0 N–H and O–H groups in total. The van der Waals surface area contributed by atoms with Crippen LogP contribution in [0.25, 0.3) is 0 Å². The first-order valence-electron chi connectivity index (χ1n) is 6.72. The summed E-state index contributed by atoms with van der Waals surface area (Å²) in [6.45, 7) is 11.0. The van der Waals surface area contributed by atoms with Crippen LogP contribution in [0, 0.1) is 29.1 Å². The third kappa shape index (κ3) is 9.11. The van der Waals surface area contributed by atoms with Crippen LogP contribution in [0.1, 0.15) is 60.3 Å². The van der Waals surface area contributed by atoms with Gasteiger partial charge in [0.2, 0.25) is 0 Å². The lowest BCUT2D eigenvalue weighted by molar-refractivity contribution is -0.338. The van der Waals surface area contributed by atoms with E-state index in [1.165, 1.54) is 0 Å². The lowest BCUT2D eigenvalue weighted by Gasteiger charge is -2.27. The molecule has 0 fully saturated rings. The fourth-order valence-corrected chi connectivity index (χ4v) is 1.21. The second-order valence-electron chi connectivity index (χ2n) is 5.14. The molecule has 0 aromatic heterocycles. The van der Waals surface area contributed by atoms with E-state index in [2.05, 4.69) is 44.5 Å². The van der Waals surface area contributed by atoms with E-state index in [0.29, 0.717) is 19.4 Å². The van der Waals surface area contributed by atoms with Crippen molar-refractivity contribution in [3.05, 3.63) is 0 Å². The Kier molecular flexibility index (Phi) is 9.47. The van der Waals surface area contributed by atoms with Crippen molar-refractivity contribution in [3.8, 4) is 23.7 Å². The predicted molar refractivity (Wildman–Crippen MR) is 75.6 cm³/mol. The van der Waals surface area contributed by atoms with Crippen LogP contribution in [0.5, 0.6) is 0 Å². The molecular formula is C16H26O2. The molecule has 0 amide bonds. The minimum absolute atomic E-state index is 0.00400. The van der Waals surface area contributed by atoms with Gasteiger partial charge in [-0.1, -0.05) is 34.6 Å². The largest absolute Gasteiger partial charge is 0.235 e. The van der Waals surface area contributed by atoms with Crippen LogP contribution in [0.2, 0.25) is 0 Å². The second-order valence-corrected chi connectivity index (χ2v) is 5.14. The average molecular weight is 250 g/mol. The minimum atomic E-state index is -0.00400. The summed E-state index contributed by atoms with van der Waals surface area (Å²) in [6.07, 6.45) is 3.18. The monoisotopic (exact) mass is 250 g/mol. The summed E-state index contributed by atoms with van der Waals surface area (Å²) in [5.74, 6) is 12.2. The SMILES string of the molecule is CCC#CCCOOC(CC#CCC)C(C)(C)C. The van der Waals surface area contributed by atoms with Gasteiger partial charge in [0.15, 0.2) is 0 Å². The van der Waals surface area contributed by atoms with Gasteiger partial charge in [-0.25, -0.2) is 9.78 Å². The van der Waals surface area contributed by atoms with Crippen molar-refractivity contribution in [2.24, 2.45) is 5.41 Å². The molecule has 18 heavy (non-hydrogen) atoms. The maximum absolute atomic E-state index is 5.46. The molecule has 0 aliphatic rings. The van der Waals surface area contributed by atoms with Gasteiger partial charge in [-0.15, -0.1) is 23.7 Å². The lowest BCUT2D eigenvalue weighted by atomic mass is 9.87. The molecule has 0 bridgehead atoms. The van der Waals surface area contributed by atoms with Gasteiger partial charge >= 0.3 is 0 Å². The van der Waals surface area contributed by atoms with Gasteiger partial charge in [0.05, 0.1) is 6.61 Å². The molecule has 102 valence electrons. The van der Waals surface area contributed by atoms with Crippen molar-refractivity contribution < 1.29 is 9.78 Å². The molecule has 1 atom stereocenters. The maximum Gasteiger partial charge on any atom is 0.109 e. The van der Waals surface area contributed by atoms with Gasteiger partial charge in [0.25, 0.3) is 0 Å². The molecule has 0 aliphatic carbocycles. The molecule has 0 radical (unpaired) electrons. The van der Waals surface area contributed by atoms with Gasteiger partial charge < -0.3 is 0 Å². The van der Waals surface area contributed by atoms with E-state index in [9.17, 15) is 0 Å². The Morgan fingerprint density at radius 1 is 0.944 bits per heavy atom. The summed E-state index contributed by atoms with van der Waals surface area (Å²) >= 11 is 0. The quantitative estimate of drug-likeness (QED) is 0.318. The summed E-state index contributed by atoms with van der Waals surface area (Å²) in [6, 6.07) is 0. The molecular weight excluding hydrogens is 224 g/mol. The number of hydrogen-bond donors (Lipinski definition) is 0. The number of rotatable bonds is 5. The molecule has 0 aliphatic heterocycles. The molecule has 0 heterocycles. The van der Waals surface area contributed by atoms with Gasteiger partial charge in [0, 0.05) is 25.7 Å². The molecule has 0 aromatic rings. The summed E-state index contributed by atoms with van der Waals surface area (Å²) in [5, 5.41) is 0. The molecule has 0 saturated carbocycles. The topological polar surface area (TPSA) is 18.5 Å². The lowest BCUT2D eigenvalue weighted by Crippen LogP contribution is -2.29. The summed E-state index contributed by atoms with van der Waals surface area (Å²) in [5.41, 5.74) is 0.0253. The van der Waals surface area contributed by atoms with Crippen molar-refractivity contribution >= 4 is 0 Å². The zero-order valence-electron chi connectivity index (χ0n) is 12.4. The first kappa shape index (κ1) is 17.0. The third-order valence-electron chi connectivity index (χ3n) is 2.35. The van der Waals surface area contributed by atoms with Crippen LogP contribution in [0.3, 0.4) is 0 Å². The Hall–Kier alpha value is -0.960. The minimum Gasteiger partial charge on any atom is -0.235 e. The van der Waals surface area contributed by atoms with E-state index in [4.69, 9.17) is 9.78 Å². The highest BCUT2D eigenvalue weighted by Crippen LogP contribution is 2.24. The van der Waals surface area contributed by atoms with Crippen molar-refractivity contribution in [1.29, 1.82) is 0 Å². The van der Waals surface area contributed by atoms with Crippen molar-refractivity contribution in [2.75, 3.05) is 6.61 Å². The van der Waals surface area contributed by atoms with Crippen LogP contribution >= 0.6 is 0 Å². The molecule has 1 unspecified atom stereocenters. The summed E-state index contributed by atoms with van der Waals surface area (Å²) < 4.78 is 0. The van der Waals surface area contributed by atoms with Crippen molar-refractivity contribution in [1.82, 2.24) is 0 Å². The predicted octanol–water partition coefficient (Wildman–Crippen LogP) is 3.96. The van der Waals surface area contributed by atoms with Crippen LogP contribution in [0.15, 0.2) is 0 Å². The fraction of sp³-hybridized carbons (Fsp3) is 0.750. The van der Waals surface area contributed by atoms with Crippen LogP contribution in [-0.2, 0) is 9.78 Å². The smallest absolute Gasteiger partial charge is 0.109 e. The Labute approximate surface area is 112 Å². The maximum atomic E-state index is 5.46. The second kappa shape index (κ2) is 10.0. The summed E-state index contributed by atoms with van der Waals surface area (Å²) in [4.78, 5) is 10.7. The molecule has 0 rings (SSSR count). The van der Waals surface area contributed by atoms with Crippen LogP contribution in [-0.4, -0.2) is 12.7 Å². The fourth-order valence-electron chi connectivity index (χ4n) is 1.21. The van der Waals surface area contributed by atoms with E-state index >= 15 is 0 Å². The molecule has 2 nitrogen and oxygen atoms in total. The van der Waals surface area contributed by atoms with Crippen LogP contribution < -0.4 is 0 Å². The van der Waals surface area contributed by atoms with Crippen LogP contribution in [0.4, 0.5) is 0 Å². The molecule has 0 saturated heterocycles. The van der Waals surface area contributed by atoms with E-state index in [-0.39, 0.29) is 11.5 Å². The first-order chi connectivity index (χ1) is 8.52. The van der Waals surface area contributed by atoms with Crippen molar-refractivity contribution in [2.45, 2.75) is 66.4 Å². The Balaban J connectivity index is 4.02. The van der Waals surface area contributed by atoms with E-state index in [0.717, 1.165) is 12.8 Å². The Bertz CT molecular complexity index is 317.